The van der Waals surface area contributed by atoms with E-state index in [1.165, 1.54) is 16.0 Å². The van der Waals surface area contributed by atoms with Gasteiger partial charge in [0.25, 0.3) is 0 Å². The molecular formula is C17H26F3IN4. The summed E-state index contributed by atoms with van der Waals surface area (Å²) in [5.74, 6) is 0.886. The van der Waals surface area contributed by atoms with Crippen LogP contribution in [-0.4, -0.2) is 50.3 Å². The summed E-state index contributed by atoms with van der Waals surface area (Å²) in [7, 11) is 1.69. The fraction of sp³-hybridized carbons (Fsp3) is 0.588. The molecule has 1 atom stereocenters. The Balaban J connectivity index is 0.00000312. The van der Waals surface area contributed by atoms with Gasteiger partial charge in [-0.2, -0.15) is 13.2 Å². The van der Waals surface area contributed by atoms with Gasteiger partial charge in [-0.25, -0.2) is 0 Å². The molecule has 1 fully saturated rings. The van der Waals surface area contributed by atoms with E-state index in [4.69, 9.17) is 0 Å². The Morgan fingerprint density at radius 2 is 2.00 bits per heavy atom. The second-order valence-electron chi connectivity index (χ2n) is 6.24. The second kappa shape index (κ2) is 10.2. The Kier molecular flexibility index (Phi) is 8.98. The topological polar surface area (TPSA) is 39.7 Å². The smallest absolute Gasteiger partial charge is 0.356 e. The Morgan fingerprint density at radius 3 is 2.64 bits per heavy atom. The fourth-order valence-corrected chi connectivity index (χ4v) is 2.93. The summed E-state index contributed by atoms with van der Waals surface area (Å²) in [6.45, 7) is 3.51. The zero-order valence-electron chi connectivity index (χ0n) is 14.6. The third-order valence-corrected chi connectivity index (χ3v) is 4.26. The highest BCUT2D eigenvalue weighted by Crippen LogP contribution is 2.22. The van der Waals surface area contributed by atoms with Crippen LogP contribution in [0.25, 0.3) is 0 Å². The van der Waals surface area contributed by atoms with Crippen LogP contribution in [0.4, 0.5) is 13.2 Å². The lowest BCUT2D eigenvalue weighted by molar-refractivity contribution is -0.143. The lowest BCUT2D eigenvalue weighted by Gasteiger charge is -2.19. The van der Waals surface area contributed by atoms with Gasteiger partial charge in [0.05, 0.1) is 6.54 Å². The second-order valence-corrected chi connectivity index (χ2v) is 6.24. The summed E-state index contributed by atoms with van der Waals surface area (Å²) in [5, 5.41) is 6.46. The number of nitrogens with zero attached hydrogens (tertiary/aromatic N) is 2. The third-order valence-electron chi connectivity index (χ3n) is 4.26. The first-order chi connectivity index (χ1) is 11.4. The monoisotopic (exact) mass is 470 g/mol. The summed E-state index contributed by atoms with van der Waals surface area (Å²) in [5.41, 5.74) is 2.40. The molecular weight excluding hydrogens is 444 g/mol. The average Bonchev–Trinajstić information content (AvgIpc) is 2.94. The summed E-state index contributed by atoms with van der Waals surface area (Å²) in [4.78, 5) is 5.64. The number of alkyl halides is 3. The third kappa shape index (κ3) is 7.81. The van der Waals surface area contributed by atoms with E-state index in [0.717, 1.165) is 6.42 Å². The molecule has 2 rings (SSSR count). The van der Waals surface area contributed by atoms with Crippen molar-refractivity contribution in [1.29, 1.82) is 0 Å². The number of guanidine groups is 1. The molecule has 0 bridgehead atoms. The van der Waals surface area contributed by atoms with Crippen LogP contribution >= 0.6 is 24.0 Å². The summed E-state index contributed by atoms with van der Waals surface area (Å²) in [6, 6.07) is 8.11. The van der Waals surface area contributed by atoms with Gasteiger partial charge in [0, 0.05) is 26.7 Å². The van der Waals surface area contributed by atoms with Gasteiger partial charge >= 0.3 is 6.18 Å². The van der Waals surface area contributed by atoms with Crippen molar-refractivity contribution >= 4 is 29.9 Å². The van der Waals surface area contributed by atoms with Crippen molar-refractivity contribution in [3.63, 3.8) is 0 Å². The van der Waals surface area contributed by atoms with E-state index >= 15 is 0 Å². The first-order valence-corrected chi connectivity index (χ1v) is 8.15. The fourth-order valence-electron chi connectivity index (χ4n) is 2.93. The molecule has 0 saturated carbocycles. The summed E-state index contributed by atoms with van der Waals surface area (Å²) >= 11 is 0. The zero-order valence-corrected chi connectivity index (χ0v) is 16.9. The number of aryl methyl sites for hydroxylation is 1. The quantitative estimate of drug-likeness (QED) is 0.395. The van der Waals surface area contributed by atoms with Gasteiger partial charge in [-0.1, -0.05) is 24.3 Å². The SMILES string of the molecule is CN=C(NCc1ccccc1C)NCC1CCN(CC(F)(F)F)C1.I. The van der Waals surface area contributed by atoms with Crippen LogP contribution in [0, 0.1) is 12.8 Å². The van der Waals surface area contributed by atoms with E-state index in [0.29, 0.717) is 32.1 Å². The van der Waals surface area contributed by atoms with Gasteiger partial charge in [0.15, 0.2) is 5.96 Å². The largest absolute Gasteiger partial charge is 0.401 e. The number of nitrogens with one attached hydrogen (secondary N) is 2. The molecule has 0 aromatic heterocycles. The van der Waals surface area contributed by atoms with Gasteiger partial charge in [0.1, 0.15) is 0 Å². The lowest BCUT2D eigenvalue weighted by Crippen LogP contribution is -2.40. The molecule has 1 unspecified atom stereocenters. The van der Waals surface area contributed by atoms with Crippen LogP contribution in [0.15, 0.2) is 29.3 Å². The Bertz CT molecular complexity index is 563. The van der Waals surface area contributed by atoms with Gasteiger partial charge in [-0.3, -0.25) is 9.89 Å². The highest BCUT2D eigenvalue weighted by atomic mass is 127. The lowest BCUT2D eigenvalue weighted by atomic mass is 10.1. The maximum atomic E-state index is 12.4. The molecule has 142 valence electrons. The van der Waals surface area contributed by atoms with E-state index in [9.17, 15) is 13.2 Å². The first kappa shape index (κ1) is 22.0. The standard InChI is InChI=1S/C17H25F3N4.HI/c1-13-5-3-4-6-15(13)10-23-16(21-2)22-9-14-7-8-24(11-14)12-17(18,19)20;/h3-6,14H,7-12H2,1-2H3,(H2,21,22,23);1H. The van der Waals surface area contributed by atoms with Crippen molar-refractivity contribution in [3.05, 3.63) is 35.4 Å². The maximum Gasteiger partial charge on any atom is 0.401 e. The van der Waals surface area contributed by atoms with Crippen LogP contribution in [-0.2, 0) is 6.54 Å². The van der Waals surface area contributed by atoms with Crippen LogP contribution in [0.3, 0.4) is 0 Å². The Labute approximate surface area is 164 Å². The number of rotatable bonds is 5. The molecule has 0 radical (unpaired) electrons. The Hall–Kier alpha value is -1.03. The molecule has 0 spiro atoms. The Morgan fingerprint density at radius 1 is 1.28 bits per heavy atom. The normalized spacial score (nSPS) is 18.8. The molecule has 25 heavy (non-hydrogen) atoms. The zero-order chi connectivity index (χ0) is 17.6. The molecule has 0 aliphatic carbocycles. The van der Waals surface area contributed by atoms with Crippen molar-refractivity contribution < 1.29 is 13.2 Å². The number of halogens is 4. The van der Waals surface area contributed by atoms with Crippen molar-refractivity contribution in [2.24, 2.45) is 10.9 Å². The molecule has 1 aromatic rings. The van der Waals surface area contributed by atoms with Gasteiger partial charge in [-0.15, -0.1) is 24.0 Å². The van der Waals surface area contributed by atoms with Crippen LogP contribution in [0.1, 0.15) is 17.5 Å². The predicted octanol–water partition coefficient (Wildman–Crippen LogP) is 3.16. The van der Waals surface area contributed by atoms with E-state index in [1.807, 2.05) is 12.1 Å². The van der Waals surface area contributed by atoms with Crippen molar-refractivity contribution in [1.82, 2.24) is 15.5 Å². The van der Waals surface area contributed by atoms with E-state index in [1.54, 1.807) is 7.05 Å². The molecule has 1 aliphatic heterocycles. The highest BCUT2D eigenvalue weighted by molar-refractivity contribution is 14.0. The molecule has 1 aromatic carbocycles. The number of likely N-dealkylation sites (tertiary alicyclic amines) is 1. The van der Waals surface area contributed by atoms with Crippen molar-refractivity contribution in [3.8, 4) is 0 Å². The first-order valence-electron chi connectivity index (χ1n) is 8.15. The minimum Gasteiger partial charge on any atom is -0.356 e. The molecule has 0 amide bonds. The minimum atomic E-state index is -4.12. The van der Waals surface area contributed by atoms with Gasteiger partial charge in [0.2, 0.25) is 0 Å². The summed E-state index contributed by atoms with van der Waals surface area (Å²) < 4.78 is 37.2. The number of hydrogen-bond acceptors (Lipinski definition) is 2. The minimum absolute atomic E-state index is 0. The van der Waals surface area contributed by atoms with Crippen LogP contribution < -0.4 is 10.6 Å². The van der Waals surface area contributed by atoms with Crippen molar-refractivity contribution in [2.75, 3.05) is 33.2 Å². The van der Waals surface area contributed by atoms with Crippen LogP contribution in [0.2, 0.25) is 0 Å². The summed E-state index contributed by atoms with van der Waals surface area (Å²) in [6.07, 6.45) is -3.34. The van der Waals surface area contributed by atoms with E-state index in [2.05, 4.69) is 34.7 Å². The molecule has 2 N–H and O–H groups in total. The molecule has 1 aliphatic rings. The number of aliphatic imine (C=N–C) groups is 1. The average molecular weight is 470 g/mol. The molecule has 1 heterocycles. The van der Waals surface area contributed by atoms with E-state index in [-0.39, 0.29) is 29.9 Å². The maximum absolute atomic E-state index is 12.4. The number of benzene rings is 1. The molecule has 4 nitrogen and oxygen atoms in total. The van der Waals surface area contributed by atoms with Crippen LogP contribution in [0.5, 0.6) is 0 Å². The van der Waals surface area contributed by atoms with Crippen molar-refractivity contribution in [2.45, 2.75) is 26.1 Å². The number of hydrogen-bond donors (Lipinski definition) is 2. The highest BCUT2D eigenvalue weighted by Gasteiger charge is 2.34. The predicted molar refractivity (Wildman–Crippen MR) is 105 cm³/mol. The van der Waals surface area contributed by atoms with E-state index < -0.39 is 12.7 Å². The van der Waals surface area contributed by atoms with Gasteiger partial charge < -0.3 is 10.6 Å². The molecule has 8 heteroatoms. The molecule has 1 saturated heterocycles. The van der Waals surface area contributed by atoms with Gasteiger partial charge in [-0.05, 0) is 36.9 Å².